The molecule has 2 aromatic rings. The minimum atomic E-state index is -0.700. The van der Waals surface area contributed by atoms with E-state index in [1.54, 1.807) is 15.9 Å². The van der Waals surface area contributed by atoms with E-state index in [1.165, 1.54) is 0 Å². The maximum Gasteiger partial charge on any atom is 0.251 e. The van der Waals surface area contributed by atoms with Gasteiger partial charge in [0.15, 0.2) is 0 Å². The number of carbonyl (C=O) groups is 3. The second-order valence-corrected chi connectivity index (χ2v) is 10.4. The lowest BCUT2D eigenvalue weighted by Gasteiger charge is -2.44. The first-order chi connectivity index (χ1) is 16.6. The van der Waals surface area contributed by atoms with Gasteiger partial charge in [0, 0.05) is 36.4 Å². The topological polar surface area (TPSA) is 73.0 Å². The van der Waals surface area contributed by atoms with Crippen LogP contribution in [0.5, 0.6) is 0 Å². The molecule has 0 bridgehead atoms. The number of benzene rings is 2. The Kier molecular flexibility index (Phi) is 7.08. The summed E-state index contributed by atoms with van der Waals surface area (Å²) in [6, 6.07) is 14.2. The molecule has 35 heavy (non-hydrogen) atoms. The average Bonchev–Trinajstić information content (AvgIpc) is 3.07. The molecular formula is C27H33ClN4O3. The predicted octanol–water partition coefficient (Wildman–Crippen LogP) is 3.70. The van der Waals surface area contributed by atoms with Gasteiger partial charge in [-0.25, -0.2) is 0 Å². The summed E-state index contributed by atoms with van der Waals surface area (Å²) in [5.41, 5.74) is 1.73. The molecule has 0 saturated carbocycles. The number of hydrogen-bond acceptors (Lipinski definition) is 4. The maximum atomic E-state index is 13.5. The van der Waals surface area contributed by atoms with Gasteiger partial charge in [-0.3, -0.25) is 14.4 Å². The highest BCUT2D eigenvalue weighted by Crippen LogP contribution is 2.39. The fourth-order valence-electron chi connectivity index (χ4n) is 5.16. The number of nitrogens with zero attached hydrogens (tertiary/aromatic N) is 3. The Balaban J connectivity index is 1.49. The van der Waals surface area contributed by atoms with Crippen molar-refractivity contribution in [2.75, 3.05) is 31.7 Å². The summed E-state index contributed by atoms with van der Waals surface area (Å²) in [6.07, 6.45) is 1.04. The molecule has 1 unspecified atom stereocenters. The van der Waals surface area contributed by atoms with Gasteiger partial charge in [0.2, 0.25) is 11.8 Å². The summed E-state index contributed by atoms with van der Waals surface area (Å²) in [5.74, 6) is -0.370. The molecule has 0 aliphatic carbocycles. The number of carbonyl (C=O) groups excluding carboxylic acids is 3. The normalized spacial score (nSPS) is 18.3. The van der Waals surface area contributed by atoms with E-state index in [2.05, 4.69) is 10.2 Å². The Morgan fingerprint density at radius 2 is 1.74 bits per heavy atom. The first-order valence-corrected chi connectivity index (χ1v) is 12.5. The van der Waals surface area contributed by atoms with Gasteiger partial charge in [-0.15, -0.1) is 0 Å². The molecule has 8 heteroatoms. The van der Waals surface area contributed by atoms with Crippen molar-refractivity contribution >= 4 is 35.0 Å². The molecule has 4 rings (SSSR count). The second kappa shape index (κ2) is 9.90. The third-order valence-electron chi connectivity index (χ3n) is 7.14. The SMILES string of the molecule is Cc1cccc(C(=O)NC(C(=O)N2CCC3(CC2)C(=O)N(C)CN3c2cccc(Cl)c2)C(C)C)c1. The fraction of sp³-hybridized carbons (Fsp3) is 0.444. The molecule has 2 heterocycles. The molecular weight excluding hydrogens is 464 g/mol. The molecule has 2 aromatic carbocycles. The van der Waals surface area contributed by atoms with Gasteiger partial charge in [0.25, 0.3) is 5.91 Å². The Morgan fingerprint density at radius 1 is 1.06 bits per heavy atom. The van der Waals surface area contributed by atoms with E-state index in [4.69, 9.17) is 11.6 Å². The summed E-state index contributed by atoms with van der Waals surface area (Å²) >= 11 is 6.23. The van der Waals surface area contributed by atoms with Crippen molar-refractivity contribution in [3.63, 3.8) is 0 Å². The standard InChI is InChI=1S/C27H33ClN4O3/c1-18(2)23(29-24(33)20-8-5-7-19(3)15-20)25(34)31-13-11-27(12-14-31)26(35)30(4)17-32(27)22-10-6-9-21(28)16-22/h5-10,15-16,18,23H,11-14,17H2,1-4H3,(H,29,33). The highest BCUT2D eigenvalue weighted by molar-refractivity contribution is 6.30. The van der Waals surface area contributed by atoms with Crippen LogP contribution in [0, 0.1) is 12.8 Å². The monoisotopic (exact) mass is 496 g/mol. The summed E-state index contributed by atoms with van der Waals surface area (Å²) in [7, 11) is 1.81. The van der Waals surface area contributed by atoms with Crippen molar-refractivity contribution in [2.45, 2.75) is 45.2 Å². The zero-order valence-electron chi connectivity index (χ0n) is 20.8. The largest absolute Gasteiger partial charge is 0.341 e. The Morgan fingerprint density at radius 3 is 2.37 bits per heavy atom. The van der Waals surface area contributed by atoms with Crippen molar-refractivity contribution in [1.29, 1.82) is 0 Å². The van der Waals surface area contributed by atoms with Crippen molar-refractivity contribution in [3.8, 4) is 0 Å². The van der Waals surface area contributed by atoms with E-state index in [1.807, 2.05) is 70.3 Å². The molecule has 2 aliphatic heterocycles. The fourth-order valence-corrected chi connectivity index (χ4v) is 5.34. The molecule has 3 amide bonds. The average molecular weight is 497 g/mol. The number of likely N-dealkylation sites (tertiary alicyclic amines) is 1. The number of aryl methyl sites for hydroxylation is 1. The van der Waals surface area contributed by atoms with E-state index in [9.17, 15) is 14.4 Å². The Labute approximate surface area is 212 Å². The van der Waals surface area contributed by atoms with E-state index in [0.29, 0.717) is 43.2 Å². The highest BCUT2D eigenvalue weighted by Gasteiger charge is 2.53. The summed E-state index contributed by atoms with van der Waals surface area (Å²) in [4.78, 5) is 45.3. The Hall–Kier alpha value is -3.06. The zero-order chi connectivity index (χ0) is 25.3. The highest BCUT2D eigenvalue weighted by atomic mass is 35.5. The summed E-state index contributed by atoms with van der Waals surface area (Å²) < 4.78 is 0. The number of amides is 3. The van der Waals surface area contributed by atoms with Gasteiger partial charge in [-0.05, 0) is 56.0 Å². The number of halogens is 1. The van der Waals surface area contributed by atoms with Crippen LogP contribution < -0.4 is 10.2 Å². The zero-order valence-corrected chi connectivity index (χ0v) is 21.5. The number of rotatable bonds is 5. The molecule has 7 nitrogen and oxygen atoms in total. The van der Waals surface area contributed by atoms with Gasteiger partial charge >= 0.3 is 0 Å². The van der Waals surface area contributed by atoms with Gasteiger partial charge in [0.1, 0.15) is 11.6 Å². The minimum Gasteiger partial charge on any atom is -0.341 e. The Bertz CT molecular complexity index is 1130. The number of anilines is 1. The predicted molar refractivity (Wildman–Crippen MR) is 137 cm³/mol. The molecule has 1 atom stereocenters. The number of piperidine rings is 1. The van der Waals surface area contributed by atoms with Crippen molar-refractivity contribution in [3.05, 3.63) is 64.7 Å². The lowest BCUT2D eigenvalue weighted by atomic mass is 9.85. The number of hydrogen-bond donors (Lipinski definition) is 1. The van der Waals surface area contributed by atoms with E-state index in [0.717, 1.165) is 11.3 Å². The van der Waals surface area contributed by atoms with Gasteiger partial charge in [0.05, 0.1) is 6.67 Å². The molecule has 0 aromatic heterocycles. The van der Waals surface area contributed by atoms with Gasteiger partial charge in [-0.1, -0.05) is 49.2 Å². The van der Waals surface area contributed by atoms with E-state index < -0.39 is 11.6 Å². The molecule has 2 saturated heterocycles. The quantitative estimate of drug-likeness (QED) is 0.685. The van der Waals surface area contributed by atoms with Crippen LogP contribution in [-0.2, 0) is 9.59 Å². The summed E-state index contributed by atoms with van der Waals surface area (Å²) in [5, 5.41) is 3.57. The first-order valence-electron chi connectivity index (χ1n) is 12.1. The van der Waals surface area contributed by atoms with Crippen LogP contribution in [-0.4, -0.2) is 65.9 Å². The molecule has 1 N–H and O–H groups in total. The van der Waals surface area contributed by atoms with Crippen LogP contribution >= 0.6 is 11.6 Å². The van der Waals surface area contributed by atoms with Gasteiger partial charge < -0.3 is 20.0 Å². The van der Waals surface area contributed by atoms with Crippen LogP contribution in [0.25, 0.3) is 0 Å². The lowest BCUT2D eigenvalue weighted by molar-refractivity contribution is -0.139. The molecule has 2 fully saturated rings. The number of likely N-dealkylation sites (N-methyl/N-ethyl adjacent to an activating group) is 1. The molecule has 186 valence electrons. The lowest BCUT2D eigenvalue weighted by Crippen LogP contribution is -2.60. The molecule has 2 aliphatic rings. The maximum absolute atomic E-state index is 13.5. The summed E-state index contributed by atoms with van der Waals surface area (Å²) in [6.45, 7) is 7.16. The van der Waals surface area contributed by atoms with E-state index in [-0.39, 0.29) is 23.6 Å². The van der Waals surface area contributed by atoms with Crippen molar-refractivity contribution in [1.82, 2.24) is 15.1 Å². The van der Waals surface area contributed by atoms with E-state index >= 15 is 0 Å². The van der Waals surface area contributed by atoms with Gasteiger partial charge in [-0.2, -0.15) is 0 Å². The second-order valence-electron chi connectivity index (χ2n) is 9.97. The smallest absolute Gasteiger partial charge is 0.251 e. The molecule has 0 radical (unpaired) electrons. The third kappa shape index (κ3) is 4.87. The van der Waals surface area contributed by atoms with Crippen molar-refractivity contribution < 1.29 is 14.4 Å². The van der Waals surface area contributed by atoms with Crippen LogP contribution in [0.15, 0.2) is 48.5 Å². The first kappa shape index (κ1) is 25.0. The minimum absolute atomic E-state index is 0.0673. The third-order valence-corrected chi connectivity index (χ3v) is 7.37. The van der Waals surface area contributed by atoms with Crippen LogP contribution in [0.1, 0.15) is 42.6 Å². The van der Waals surface area contributed by atoms with Crippen LogP contribution in [0.2, 0.25) is 5.02 Å². The van der Waals surface area contributed by atoms with Crippen LogP contribution in [0.3, 0.4) is 0 Å². The van der Waals surface area contributed by atoms with Crippen LogP contribution in [0.4, 0.5) is 5.69 Å². The molecule has 1 spiro atoms. The van der Waals surface area contributed by atoms with Crippen molar-refractivity contribution in [2.24, 2.45) is 5.92 Å². The number of nitrogens with one attached hydrogen (secondary N) is 1.